The molecule has 1 saturated carbocycles. The maximum Gasteiger partial charge on any atom is 0.126 e. The molecule has 1 unspecified atom stereocenters. The lowest BCUT2D eigenvalue weighted by Gasteiger charge is -2.30. The van der Waals surface area contributed by atoms with E-state index in [2.05, 4.69) is 26.0 Å². The first-order valence-electron chi connectivity index (χ1n) is 14.6. The second kappa shape index (κ2) is 15.0. The zero-order chi connectivity index (χ0) is 23.3. The summed E-state index contributed by atoms with van der Waals surface area (Å²) in [6.45, 7) is 4.47. The van der Waals surface area contributed by atoms with Crippen molar-refractivity contribution < 1.29 is 4.39 Å². The quantitative estimate of drug-likeness (QED) is 0.194. The first kappa shape index (κ1) is 26.5. The molecule has 0 radical (unpaired) electrons. The van der Waals surface area contributed by atoms with Crippen molar-refractivity contribution in [3.63, 3.8) is 0 Å². The Labute approximate surface area is 204 Å². The second-order valence-electron chi connectivity index (χ2n) is 11.3. The van der Waals surface area contributed by atoms with Gasteiger partial charge in [-0.15, -0.1) is 0 Å². The van der Waals surface area contributed by atoms with Crippen LogP contribution in [-0.4, -0.2) is 0 Å². The van der Waals surface area contributed by atoms with Crippen molar-refractivity contribution in [3.8, 4) is 0 Å². The SMILES string of the molecule is CCCCCC[C@H]1CC[C@H](CCC2CC=C(CCc3ccc(CCCC)c(F)c3)CC2)CC1. The van der Waals surface area contributed by atoms with Gasteiger partial charge in [-0.2, -0.15) is 0 Å². The highest BCUT2D eigenvalue weighted by Gasteiger charge is 2.22. The Kier molecular flexibility index (Phi) is 12.0. The number of hydrogen-bond acceptors (Lipinski definition) is 0. The van der Waals surface area contributed by atoms with E-state index < -0.39 is 0 Å². The van der Waals surface area contributed by atoms with Crippen LogP contribution >= 0.6 is 0 Å². The number of benzene rings is 1. The maximum absolute atomic E-state index is 14.3. The van der Waals surface area contributed by atoms with Gasteiger partial charge in [0.2, 0.25) is 0 Å². The summed E-state index contributed by atoms with van der Waals surface area (Å²) in [4.78, 5) is 0. The summed E-state index contributed by atoms with van der Waals surface area (Å²) >= 11 is 0. The smallest absolute Gasteiger partial charge is 0.126 e. The van der Waals surface area contributed by atoms with Crippen LogP contribution in [0.5, 0.6) is 0 Å². The van der Waals surface area contributed by atoms with Crippen molar-refractivity contribution in [2.24, 2.45) is 17.8 Å². The average Bonchev–Trinajstić information content (AvgIpc) is 2.85. The number of allylic oxidation sites excluding steroid dienone is 2. The van der Waals surface area contributed by atoms with Crippen molar-refractivity contribution in [3.05, 3.63) is 46.8 Å². The number of rotatable bonds is 14. The number of hydrogen-bond donors (Lipinski definition) is 0. The molecule has 0 amide bonds. The standard InChI is InChI=1S/C32H51F/c1-3-5-7-8-9-26-11-13-27(14-12-26)15-16-28-17-19-29(20-18-28)21-22-30-23-24-31(10-6-4-2)32(33)25-30/h19,23-28H,3-18,20-22H2,1-2H3/t26-,27-,28?. The predicted molar refractivity (Wildman–Crippen MR) is 142 cm³/mol. The summed E-state index contributed by atoms with van der Waals surface area (Å²) in [6.07, 6.45) is 27.8. The number of aryl methyl sites for hydroxylation is 2. The molecule has 0 aliphatic heterocycles. The van der Waals surface area contributed by atoms with Crippen LogP contribution in [0, 0.1) is 23.6 Å². The van der Waals surface area contributed by atoms with Crippen LogP contribution in [0.4, 0.5) is 4.39 Å². The van der Waals surface area contributed by atoms with Crippen molar-refractivity contribution in [1.29, 1.82) is 0 Å². The topological polar surface area (TPSA) is 0 Å². The van der Waals surface area contributed by atoms with Gasteiger partial charge < -0.3 is 0 Å². The third kappa shape index (κ3) is 9.58. The third-order valence-electron chi connectivity index (χ3n) is 8.68. The Morgan fingerprint density at radius 2 is 1.45 bits per heavy atom. The van der Waals surface area contributed by atoms with Crippen LogP contribution in [0.1, 0.15) is 134 Å². The van der Waals surface area contributed by atoms with Crippen LogP contribution in [0.2, 0.25) is 0 Å². The predicted octanol–water partition coefficient (Wildman–Crippen LogP) is 10.4. The molecule has 2 aliphatic rings. The Bertz CT molecular complexity index is 694. The molecule has 1 aromatic rings. The Hall–Kier alpha value is -1.11. The molecule has 0 N–H and O–H groups in total. The van der Waals surface area contributed by atoms with Gasteiger partial charge in [-0.05, 0) is 86.3 Å². The van der Waals surface area contributed by atoms with Crippen LogP contribution in [0.15, 0.2) is 29.8 Å². The van der Waals surface area contributed by atoms with Crippen molar-refractivity contribution in [2.75, 3.05) is 0 Å². The van der Waals surface area contributed by atoms with Gasteiger partial charge in [0.1, 0.15) is 5.82 Å². The fraction of sp³-hybridized carbons (Fsp3) is 0.750. The second-order valence-corrected chi connectivity index (χ2v) is 11.3. The fourth-order valence-electron chi connectivity index (χ4n) is 6.19. The van der Waals surface area contributed by atoms with Gasteiger partial charge in [-0.25, -0.2) is 4.39 Å². The fourth-order valence-corrected chi connectivity index (χ4v) is 6.19. The summed E-state index contributed by atoms with van der Waals surface area (Å²) in [5.41, 5.74) is 3.67. The van der Waals surface area contributed by atoms with Crippen LogP contribution < -0.4 is 0 Å². The molecule has 0 nitrogen and oxygen atoms in total. The van der Waals surface area contributed by atoms with Crippen LogP contribution in [-0.2, 0) is 12.8 Å². The first-order valence-corrected chi connectivity index (χ1v) is 14.6. The van der Waals surface area contributed by atoms with E-state index >= 15 is 0 Å². The molecule has 0 heterocycles. The zero-order valence-corrected chi connectivity index (χ0v) is 21.9. The summed E-state index contributed by atoms with van der Waals surface area (Å²) in [5.74, 6) is 2.97. The van der Waals surface area contributed by atoms with Gasteiger partial charge in [-0.3, -0.25) is 0 Å². The van der Waals surface area contributed by atoms with E-state index in [1.54, 1.807) is 11.6 Å². The maximum atomic E-state index is 14.3. The van der Waals surface area contributed by atoms with Crippen molar-refractivity contribution in [2.45, 2.75) is 136 Å². The van der Waals surface area contributed by atoms with E-state index in [-0.39, 0.29) is 5.82 Å². The lowest BCUT2D eigenvalue weighted by Crippen LogP contribution is -2.16. The molecule has 1 aromatic carbocycles. The lowest BCUT2D eigenvalue weighted by molar-refractivity contribution is 0.234. The minimum Gasteiger partial charge on any atom is -0.207 e. The van der Waals surface area contributed by atoms with E-state index in [4.69, 9.17) is 0 Å². The number of halogens is 1. The molecule has 0 bridgehead atoms. The van der Waals surface area contributed by atoms with Gasteiger partial charge in [0.25, 0.3) is 0 Å². The average molecular weight is 455 g/mol. The molecule has 1 heteroatoms. The Morgan fingerprint density at radius 1 is 0.727 bits per heavy atom. The minimum absolute atomic E-state index is 0.00386. The van der Waals surface area contributed by atoms with Gasteiger partial charge >= 0.3 is 0 Å². The van der Waals surface area contributed by atoms with Crippen LogP contribution in [0.3, 0.4) is 0 Å². The molecule has 186 valence electrons. The third-order valence-corrected chi connectivity index (χ3v) is 8.68. The molecule has 1 fully saturated rings. The summed E-state index contributed by atoms with van der Waals surface area (Å²) in [5, 5.41) is 0. The highest BCUT2D eigenvalue weighted by molar-refractivity contribution is 5.25. The zero-order valence-electron chi connectivity index (χ0n) is 21.9. The summed E-state index contributed by atoms with van der Waals surface area (Å²) in [7, 11) is 0. The van der Waals surface area contributed by atoms with Gasteiger partial charge in [0.05, 0.1) is 0 Å². The monoisotopic (exact) mass is 454 g/mol. The molecule has 0 aromatic heterocycles. The van der Waals surface area contributed by atoms with E-state index in [0.29, 0.717) is 0 Å². The molecule has 3 rings (SSSR count). The summed E-state index contributed by atoms with van der Waals surface area (Å²) in [6, 6.07) is 5.96. The normalized spacial score (nSPS) is 23.5. The summed E-state index contributed by atoms with van der Waals surface area (Å²) < 4.78 is 14.3. The molecular formula is C32H51F. The van der Waals surface area contributed by atoms with Crippen molar-refractivity contribution >= 4 is 0 Å². The van der Waals surface area contributed by atoms with E-state index in [0.717, 1.165) is 61.0 Å². The van der Waals surface area contributed by atoms with Crippen molar-refractivity contribution in [1.82, 2.24) is 0 Å². The Balaban J connectivity index is 1.29. The Morgan fingerprint density at radius 3 is 2.12 bits per heavy atom. The molecule has 1 atom stereocenters. The first-order chi connectivity index (χ1) is 16.2. The highest BCUT2D eigenvalue weighted by atomic mass is 19.1. The molecule has 0 saturated heterocycles. The van der Waals surface area contributed by atoms with E-state index in [1.165, 1.54) is 89.9 Å². The van der Waals surface area contributed by atoms with E-state index in [9.17, 15) is 4.39 Å². The minimum atomic E-state index is 0.00386. The lowest BCUT2D eigenvalue weighted by atomic mass is 9.76. The van der Waals surface area contributed by atoms with Gasteiger partial charge in [0.15, 0.2) is 0 Å². The highest BCUT2D eigenvalue weighted by Crippen LogP contribution is 2.37. The molecule has 33 heavy (non-hydrogen) atoms. The van der Waals surface area contributed by atoms with Crippen LogP contribution in [0.25, 0.3) is 0 Å². The molecule has 2 aliphatic carbocycles. The largest absolute Gasteiger partial charge is 0.207 e. The van der Waals surface area contributed by atoms with E-state index in [1.807, 2.05) is 6.07 Å². The molecule has 0 spiro atoms. The molecular weight excluding hydrogens is 403 g/mol. The number of unbranched alkanes of at least 4 members (excludes halogenated alkanes) is 4. The van der Waals surface area contributed by atoms with Gasteiger partial charge in [0, 0.05) is 0 Å². The van der Waals surface area contributed by atoms with Gasteiger partial charge in [-0.1, -0.05) is 108 Å².